The van der Waals surface area contributed by atoms with E-state index in [1.807, 2.05) is 103 Å². The van der Waals surface area contributed by atoms with Crippen LogP contribution in [0.1, 0.15) is 33.4 Å². The van der Waals surface area contributed by atoms with Crippen LogP contribution in [0.5, 0.6) is 11.5 Å². The van der Waals surface area contributed by atoms with Gasteiger partial charge >= 0.3 is 0 Å². The van der Waals surface area contributed by atoms with Gasteiger partial charge in [-0.3, -0.25) is 30.0 Å². The maximum atomic E-state index is 11.7. The van der Waals surface area contributed by atoms with Crippen LogP contribution in [0.3, 0.4) is 0 Å². The second-order valence-corrected chi connectivity index (χ2v) is 22.8. The normalized spacial score (nSPS) is 16.5. The minimum Gasteiger partial charge on any atom is -0.492 e. The van der Waals surface area contributed by atoms with Gasteiger partial charge in [0.05, 0.1) is 22.4 Å². The van der Waals surface area contributed by atoms with E-state index in [-0.39, 0.29) is 21.2 Å². The molecule has 2 fully saturated rings. The smallest absolute Gasteiger partial charge is 0.270 e. The molecule has 2 heterocycles. The summed E-state index contributed by atoms with van der Waals surface area (Å²) >= 11 is 0. The van der Waals surface area contributed by atoms with Crippen molar-refractivity contribution in [3.8, 4) is 33.8 Å². The fraction of sp³-hybridized carbons (Fsp3) is 0.259. The van der Waals surface area contributed by atoms with E-state index in [0.29, 0.717) is 45.9 Å². The quantitative estimate of drug-likeness (QED) is 0.0655. The molecule has 6 aromatic rings. The van der Waals surface area contributed by atoms with E-state index < -0.39 is 19.1 Å². The maximum absolute atomic E-state index is 11.7. The number of non-ortho nitro benzene ring substituents is 2. The summed E-state index contributed by atoms with van der Waals surface area (Å²) < 4.78 is 56.1. The third kappa shape index (κ3) is 13.5. The molecule has 10 rings (SSSR count). The number of ether oxygens (including phenoxy) is 2. The van der Waals surface area contributed by atoms with Gasteiger partial charge in [0.2, 0.25) is 19.1 Å². The molecule has 0 aromatic heterocycles. The van der Waals surface area contributed by atoms with Gasteiger partial charge in [-0.1, -0.05) is 84.9 Å². The molecule has 0 saturated carbocycles. The van der Waals surface area contributed by atoms with Crippen LogP contribution in [0.4, 0.5) is 11.4 Å². The Morgan fingerprint density at radius 1 is 0.534 bits per heavy atom. The van der Waals surface area contributed by atoms with Gasteiger partial charge in [-0.25, -0.2) is 16.8 Å². The molecule has 2 saturated heterocycles. The van der Waals surface area contributed by atoms with Gasteiger partial charge < -0.3 is 14.8 Å². The molecule has 380 valence electrons. The lowest BCUT2D eigenvalue weighted by Crippen LogP contribution is -2.49. The van der Waals surface area contributed by atoms with E-state index in [1.165, 1.54) is 10.6 Å². The number of fused-ring (bicyclic) bond motifs is 6. The molecule has 4 aliphatic rings. The van der Waals surface area contributed by atoms with Gasteiger partial charge in [-0.2, -0.15) is 4.31 Å². The van der Waals surface area contributed by atoms with Crippen molar-refractivity contribution in [3.63, 3.8) is 0 Å². The second-order valence-electron chi connectivity index (χ2n) is 17.7. The van der Waals surface area contributed by atoms with Crippen LogP contribution >= 0.6 is 10.7 Å². The Bertz CT molecular complexity index is 3290. The Kier molecular flexibility index (Phi) is 16.8. The molecule has 6 aromatic carbocycles. The van der Waals surface area contributed by atoms with Crippen LogP contribution in [0.15, 0.2) is 133 Å². The van der Waals surface area contributed by atoms with Crippen molar-refractivity contribution in [1.29, 1.82) is 0 Å². The van der Waals surface area contributed by atoms with Crippen LogP contribution in [0.2, 0.25) is 0 Å². The number of piperazine rings is 2. The van der Waals surface area contributed by atoms with Crippen molar-refractivity contribution in [2.24, 2.45) is 0 Å². The zero-order valence-corrected chi connectivity index (χ0v) is 42.7. The second kappa shape index (κ2) is 23.4. The van der Waals surface area contributed by atoms with Gasteiger partial charge in [0.25, 0.3) is 11.4 Å². The lowest BCUT2D eigenvalue weighted by Gasteiger charge is -2.33. The van der Waals surface area contributed by atoms with E-state index in [9.17, 15) is 37.1 Å². The summed E-state index contributed by atoms with van der Waals surface area (Å²) in [6.07, 6.45) is 6.30. The number of sulfonamides is 1. The SMILES string of the molecule is CS(=O)(=O)Cl.CS(=O)(=O)N1CCN(CCOc2ccccc2C=C2c3ccccc3-c3ccc([N+](=O)[O-])cc32)CC1.O=[N+]([O-])c1ccc2c(c1)C(=Cc1ccccc1OCCN1CCNCC1)c1ccccc1-2. The summed E-state index contributed by atoms with van der Waals surface area (Å²) in [5.41, 5.74) is 11.9. The Morgan fingerprint density at radius 3 is 1.32 bits per heavy atom. The topological polar surface area (TPSA) is 195 Å². The summed E-state index contributed by atoms with van der Waals surface area (Å²) in [7, 11) is -1.84. The average Bonchev–Trinajstić information content (AvgIpc) is 3.85. The highest BCUT2D eigenvalue weighted by atomic mass is 35.7. The Balaban J connectivity index is 0.000000179. The highest BCUT2D eigenvalue weighted by molar-refractivity contribution is 8.13. The minimum absolute atomic E-state index is 0.0629. The van der Waals surface area contributed by atoms with E-state index >= 15 is 0 Å². The van der Waals surface area contributed by atoms with E-state index in [0.717, 1.165) is 117 Å². The summed E-state index contributed by atoms with van der Waals surface area (Å²) in [5, 5.41) is 26.2. The van der Waals surface area contributed by atoms with E-state index in [1.54, 1.807) is 24.3 Å². The van der Waals surface area contributed by atoms with Crippen molar-refractivity contribution in [3.05, 3.63) is 187 Å². The molecule has 19 heteroatoms. The fourth-order valence-corrected chi connectivity index (χ4v) is 10.1. The van der Waals surface area contributed by atoms with Crippen molar-refractivity contribution in [2.45, 2.75) is 0 Å². The molecule has 73 heavy (non-hydrogen) atoms. The zero-order chi connectivity index (χ0) is 51.7. The molecule has 2 aliphatic heterocycles. The zero-order valence-electron chi connectivity index (χ0n) is 40.4. The highest BCUT2D eigenvalue weighted by Gasteiger charge is 2.28. The number of nitro groups is 2. The first-order valence-electron chi connectivity index (χ1n) is 23.7. The monoisotopic (exact) mass is 1050 g/mol. The van der Waals surface area contributed by atoms with Crippen LogP contribution in [0.25, 0.3) is 45.6 Å². The Morgan fingerprint density at radius 2 is 0.904 bits per heavy atom. The summed E-state index contributed by atoms with van der Waals surface area (Å²) in [6.45, 7) is 9.15. The molecule has 0 atom stereocenters. The minimum atomic E-state index is -3.19. The number of hydrogen-bond acceptors (Lipinski definition) is 13. The van der Waals surface area contributed by atoms with Gasteiger partial charge in [0, 0.05) is 112 Å². The number of benzene rings is 6. The highest BCUT2D eigenvalue weighted by Crippen LogP contribution is 2.48. The number of nitrogens with zero attached hydrogens (tertiary/aromatic N) is 5. The molecular formula is C54H55ClN6O10S2. The lowest BCUT2D eigenvalue weighted by molar-refractivity contribution is -0.385. The summed E-state index contributed by atoms with van der Waals surface area (Å²) in [6, 6.07) is 42.0. The van der Waals surface area contributed by atoms with Crippen molar-refractivity contribution >= 4 is 64.4 Å². The number of rotatable bonds is 13. The Hall–Kier alpha value is -6.77. The Labute approximate surface area is 429 Å². The summed E-state index contributed by atoms with van der Waals surface area (Å²) in [4.78, 5) is 26.7. The largest absolute Gasteiger partial charge is 0.492 e. The third-order valence-corrected chi connectivity index (χ3v) is 14.1. The molecule has 16 nitrogen and oxygen atoms in total. The molecule has 0 unspecified atom stereocenters. The van der Waals surface area contributed by atoms with Crippen LogP contribution in [-0.4, -0.2) is 132 Å². The van der Waals surface area contributed by atoms with Crippen LogP contribution < -0.4 is 14.8 Å². The molecule has 0 spiro atoms. The van der Waals surface area contributed by atoms with Crippen molar-refractivity contribution in [2.75, 3.05) is 91.2 Å². The van der Waals surface area contributed by atoms with Crippen molar-refractivity contribution in [1.82, 2.24) is 19.4 Å². The molecule has 0 bridgehead atoms. The van der Waals surface area contributed by atoms with Gasteiger partial charge in [0.1, 0.15) is 24.7 Å². The first-order valence-corrected chi connectivity index (χ1v) is 28.2. The average molecular weight is 1050 g/mol. The number of nitrogens with one attached hydrogen (secondary N) is 1. The number of para-hydroxylation sites is 2. The standard InChI is InChI=1S/C27H27N3O5S.C26H25N3O3.CH3ClO2S/c1-36(33,34)29-14-12-28(13-15-29)16-17-35-27-9-5-2-6-20(27)18-25-23-8-4-3-7-22(23)24-11-10-21(30(31)32)19-26(24)25;30-29(31)20-9-10-23-21-6-2-3-7-22(21)24(25(23)18-20)17-19-5-1-4-8-26(19)32-16-15-28-13-11-27-12-14-28;1-5(2,3)4/h2-11,18-19H,12-17H2,1H3;1-10,17-18,27H,11-16H2;1H3. The van der Waals surface area contributed by atoms with Crippen LogP contribution in [-0.2, 0) is 19.1 Å². The van der Waals surface area contributed by atoms with Gasteiger partial charge in [0.15, 0.2) is 0 Å². The predicted octanol–water partition coefficient (Wildman–Crippen LogP) is 8.75. The predicted molar refractivity (Wildman–Crippen MR) is 288 cm³/mol. The number of hydrogen-bond donors (Lipinski definition) is 1. The molecule has 1 N–H and O–H groups in total. The van der Waals surface area contributed by atoms with Gasteiger partial charge in [-0.15, -0.1) is 0 Å². The molecular weight excluding hydrogens is 992 g/mol. The van der Waals surface area contributed by atoms with Crippen molar-refractivity contribution < 1.29 is 36.2 Å². The first-order chi connectivity index (χ1) is 35.0. The van der Waals surface area contributed by atoms with Crippen LogP contribution in [0, 0.1) is 20.2 Å². The van der Waals surface area contributed by atoms with Gasteiger partial charge in [-0.05, 0) is 92.1 Å². The molecule has 2 aliphatic carbocycles. The maximum Gasteiger partial charge on any atom is 0.270 e. The molecule has 0 amide bonds. The third-order valence-electron chi connectivity index (χ3n) is 12.8. The fourth-order valence-electron chi connectivity index (χ4n) is 9.28. The van der Waals surface area contributed by atoms with E-state index in [4.69, 9.17) is 9.47 Å². The molecule has 0 radical (unpaired) electrons. The summed E-state index contributed by atoms with van der Waals surface area (Å²) in [5.74, 6) is 1.56. The van der Waals surface area contributed by atoms with E-state index in [2.05, 4.69) is 44.0 Å². The first kappa shape index (κ1) is 52.5. The number of nitro benzene ring substituents is 2. The number of halogens is 1. The lowest BCUT2D eigenvalue weighted by atomic mass is 10.0.